The quantitative estimate of drug-likeness (QED) is 0.620. The molecule has 2 heterocycles. The van der Waals surface area contributed by atoms with Gasteiger partial charge in [0, 0.05) is 23.3 Å². The van der Waals surface area contributed by atoms with Crippen LogP contribution in [0.25, 0.3) is 16.9 Å². The number of fused-ring (bicyclic) bond motifs is 1. The van der Waals surface area contributed by atoms with Crippen LogP contribution in [0.5, 0.6) is 0 Å². The number of carbonyl (C=O) groups excluding carboxylic acids is 1. The van der Waals surface area contributed by atoms with Gasteiger partial charge in [0.2, 0.25) is 5.95 Å². The zero-order chi connectivity index (χ0) is 17.2. The van der Waals surface area contributed by atoms with Gasteiger partial charge in [-0.05, 0) is 42.5 Å². The molecule has 0 saturated carbocycles. The van der Waals surface area contributed by atoms with Gasteiger partial charge >= 0.3 is 0 Å². The van der Waals surface area contributed by atoms with Gasteiger partial charge in [-0.25, -0.2) is 14.4 Å². The molecule has 4 rings (SSSR count). The molecule has 2 aromatic heterocycles. The van der Waals surface area contributed by atoms with Crippen LogP contribution < -0.4 is 5.32 Å². The van der Waals surface area contributed by atoms with Crippen LogP contribution in [0.4, 0.5) is 10.2 Å². The Balaban J connectivity index is 1.79. The van der Waals surface area contributed by atoms with Gasteiger partial charge in [-0.3, -0.25) is 9.36 Å². The molecule has 122 valence electrons. The van der Waals surface area contributed by atoms with Crippen LogP contribution >= 0.6 is 0 Å². The molecular weight excluding hydrogens is 319 g/mol. The highest BCUT2D eigenvalue weighted by molar-refractivity contribution is 6.05. The number of hydrogen-bond acceptors (Lipinski definition) is 3. The molecule has 25 heavy (non-hydrogen) atoms. The molecule has 0 fully saturated rings. The fourth-order valence-electron chi connectivity index (χ4n) is 2.66. The molecule has 0 bridgehead atoms. The standard InChI is InChI=1S/C19H13FN4O/c20-15-8-6-13(7-9-15)18(25)23-17-12-14-4-1-2-5-16(14)24(17)19-21-10-3-11-22-19/h1-12H,(H,23,25). The zero-order valence-electron chi connectivity index (χ0n) is 13.1. The van der Waals surface area contributed by atoms with E-state index in [-0.39, 0.29) is 11.7 Å². The lowest BCUT2D eigenvalue weighted by Gasteiger charge is -2.10. The summed E-state index contributed by atoms with van der Waals surface area (Å²) in [5, 5.41) is 3.80. The van der Waals surface area contributed by atoms with E-state index in [4.69, 9.17) is 0 Å². The Bertz CT molecular complexity index is 1040. The van der Waals surface area contributed by atoms with E-state index in [1.54, 1.807) is 23.0 Å². The molecule has 0 saturated heterocycles. The molecule has 4 aromatic rings. The number of amides is 1. The molecule has 0 aliphatic rings. The fraction of sp³-hybridized carbons (Fsp3) is 0. The zero-order valence-corrected chi connectivity index (χ0v) is 13.1. The van der Waals surface area contributed by atoms with Crippen LogP contribution in [-0.4, -0.2) is 20.4 Å². The highest BCUT2D eigenvalue weighted by Gasteiger charge is 2.15. The number of benzene rings is 2. The summed E-state index contributed by atoms with van der Waals surface area (Å²) in [4.78, 5) is 21.0. The van der Waals surface area contributed by atoms with Crippen molar-refractivity contribution in [1.82, 2.24) is 14.5 Å². The third-order valence-electron chi connectivity index (χ3n) is 3.81. The van der Waals surface area contributed by atoms with Crippen molar-refractivity contribution in [1.29, 1.82) is 0 Å². The summed E-state index contributed by atoms with van der Waals surface area (Å²) in [6.07, 6.45) is 3.28. The Labute approximate surface area is 142 Å². The molecule has 5 nitrogen and oxygen atoms in total. The van der Waals surface area contributed by atoms with Crippen LogP contribution in [0.2, 0.25) is 0 Å². The maximum absolute atomic E-state index is 13.0. The molecule has 0 radical (unpaired) electrons. The summed E-state index contributed by atoms with van der Waals surface area (Å²) in [6, 6.07) is 16.7. The van der Waals surface area contributed by atoms with Crippen LogP contribution in [0.1, 0.15) is 10.4 Å². The summed E-state index contributed by atoms with van der Waals surface area (Å²) >= 11 is 0. The summed E-state index contributed by atoms with van der Waals surface area (Å²) < 4.78 is 14.8. The van der Waals surface area contributed by atoms with Gasteiger partial charge in [0.05, 0.1) is 5.52 Å². The number of rotatable bonds is 3. The van der Waals surface area contributed by atoms with E-state index in [0.29, 0.717) is 17.3 Å². The largest absolute Gasteiger partial charge is 0.308 e. The number of nitrogens with one attached hydrogen (secondary N) is 1. The molecule has 0 spiro atoms. The molecule has 0 unspecified atom stereocenters. The first-order chi connectivity index (χ1) is 12.2. The van der Waals surface area contributed by atoms with E-state index < -0.39 is 0 Å². The van der Waals surface area contributed by atoms with Crippen molar-refractivity contribution in [3.63, 3.8) is 0 Å². The molecule has 1 N–H and O–H groups in total. The van der Waals surface area contributed by atoms with Gasteiger partial charge < -0.3 is 5.32 Å². The molecule has 6 heteroatoms. The van der Waals surface area contributed by atoms with E-state index in [1.165, 1.54) is 24.3 Å². The number of anilines is 1. The van der Waals surface area contributed by atoms with E-state index in [2.05, 4.69) is 15.3 Å². The van der Waals surface area contributed by atoms with Gasteiger partial charge in [-0.2, -0.15) is 0 Å². The molecule has 1 amide bonds. The van der Waals surface area contributed by atoms with Crippen molar-refractivity contribution in [2.75, 3.05) is 5.32 Å². The minimum atomic E-state index is -0.386. The van der Waals surface area contributed by atoms with Crippen molar-refractivity contribution in [2.45, 2.75) is 0 Å². The predicted octanol–water partition coefficient (Wildman–Crippen LogP) is 3.81. The van der Waals surface area contributed by atoms with Crippen molar-refractivity contribution in [2.24, 2.45) is 0 Å². The van der Waals surface area contributed by atoms with Gasteiger partial charge in [0.25, 0.3) is 5.91 Å². The Kier molecular flexibility index (Phi) is 3.70. The summed E-state index contributed by atoms with van der Waals surface area (Å²) in [5.74, 6) is 0.281. The van der Waals surface area contributed by atoms with E-state index in [9.17, 15) is 9.18 Å². The Morgan fingerprint density at radius 2 is 1.68 bits per heavy atom. The smallest absolute Gasteiger partial charge is 0.256 e. The highest BCUT2D eigenvalue weighted by atomic mass is 19.1. The number of para-hydroxylation sites is 1. The van der Waals surface area contributed by atoms with Crippen molar-refractivity contribution < 1.29 is 9.18 Å². The van der Waals surface area contributed by atoms with Gasteiger partial charge in [-0.1, -0.05) is 18.2 Å². The van der Waals surface area contributed by atoms with Gasteiger partial charge in [-0.15, -0.1) is 0 Å². The number of halogens is 1. The second-order valence-corrected chi connectivity index (χ2v) is 5.43. The maximum Gasteiger partial charge on any atom is 0.256 e. The first kappa shape index (κ1) is 15.0. The normalized spacial score (nSPS) is 10.8. The minimum Gasteiger partial charge on any atom is -0.308 e. The monoisotopic (exact) mass is 332 g/mol. The fourth-order valence-corrected chi connectivity index (χ4v) is 2.66. The summed E-state index contributed by atoms with van der Waals surface area (Å²) in [5.41, 5.74) is 1.25. The second-order valence-electron chi connectivity index (χ2n) is 5.43. The van der Waals surface area contributed by atoms with Crippen LogP contribution in [-0.2, 0) is 0 Å². The lowest BCUT2D eigenvalue weighted by atomic mass is 10.2. The topological polar surface area (TPSA) is 59.8 Å². The molecule has 0 aliphatic carbocycles. The molecule has 2 aromatic carbocycles. The van der Waals surface area contributed by atoms with Gasteiger partial charge in [0.15, 0.2) is 0 Å². The van der Waals surface area contributed by atoms with Crippen LogP contribution in [0.15, 0.2) is 73.1 Å². The Morgan fingerprint density at radius 1 is 0.960 bits per heavy atom. The number of carbonyl (C=O) groups is 1. The number of nitrogens with zero attached hydrogens (tertiary/aromatic N) is 3. The number of aromatic nitrogens is 3. The van der Waals surface area contributed by atoms with E-state index in [1.807, 2.05) is 30.3 Å². The van der Waals surface area contributed by atoms with Crippen molar-refractivity contribution in [3.8, 4) is 5.95 Å². The lowest BCUT2D eigenvalue weighted by molar-refractivity contribution is 0.102. The SMILES string of the molecule is O=C(Nc1cc2ccccc2n1-c1ncccn1)c1ccc(F)cc1. The third-order valence-corrected chi connectivity index (χ3v) is 3.81. The Hall–Kier alpha value is -3.54. The summed E-state index contributed by atoms with van der Waals surface area (Å²) in [6.45, 7) is 0. The highest BCUT2D eigenvalue weighted by Crippen LogP contribution is 2.26. The molecule has 0 atom stereocenters. The van der Waals surface area contributed by atoms with Crippen LogP contribution in [0.3, 0.4) is 0 Å². The van der Waals surface area contributed by atoms with E-state index in [0.717, 1.165) is 10.9 Å². The number of hydrogen-bond donors (Lipinski definition) is 1. The predicted molar refractivity (Wildman–Crippen MR) is 93.2 cm³/mol. The first-order valence-electron chi connectivity index (χ1n) is 7.67. The summed E-state index contributed by atoms with van der Waals surface area (Å²) in [7, 11) is 0. The third kappa shape index (κ3) is 2.85. The maximum atomic E-state index is 13.0. The second kappa shape index (κ2) is 6.16. The Morgan fingerprint density at radius 3 is 2.44 bits per heavy atom. The van der Waals surface area contributed by atoms with Gasteiger partial charge in [0.1, 0.15) is 11.6 Å². The first-order valence-corrected chi connectivity index (χ1v) is 7.67. The minimum absolute atomic E-state index is 0.333. The van der Waals surface area contributed by atoms with Crippen molar-refractivity contribution in [3.05, 3.63) is 84.4 Å². The average Bonchev–Trinajstić information content (AvgIpc) is 3.00. The molecule has 0 aliphatic heterocycles. The average molecular weight is 332 g/mol. The molecular formula is C19H13FN4O. The van der Waals surface area contributed by atoms with Crippen LogP contribution in [0, 0.1) is 5.82 Å². The van der Waals surface area contributed by atoms with E-state index >= 15 is 0 Å². The van der Waals surface area contributed by atoms with Crippen molar-refractivity contribution >= 4 is 22.6 Å². The lowest BCUT2D eigenvalue weighted by Crippen LogP contribution is -2.15.